The van der Waals surface area contributed by atoms with Gasteiger partial charge in [0.05, 0.1) is 34.2 Å². The quantitative estimate of drug-likeness (QED) is 0.0497. The summed E-state index contributed by atoms with van der Waals surface area (Å²) in [4.78, 5) is 51.7. The summed E-state index contributed by atoms with van der Waals surface area (Å²) in [6, 6.07) is 50.2. The Hall–Kier alpha value is -9.68. The van der Waals surface area contributed by atoms with Crippen LogP contribution in [0.1, 0.15) is 66.8 Å². The standard InChI is InChI=1S/3C24H22N4.2CH3.Fe/c3*1(19-5-11-25-12-6-19)3-21-9-15-27-23(17-21)24-18-22(10-16-28-24)4-2-20-7-13-26-14-8-20;;;/h3*5-18H,1-4H2;2*1H3;/q;;;2*-1;+2. The average molecular weight is 1190 g/mol. The maximum atomic E-state index is 4.54. The molecule has 0 saturated heterocycles. The zero-order valence-corrected chi connectivity index (χ0v) is 50.6. The van der Waals surface area contributed by atoms with Crippen molar-refractivity contribution in [3.8, 4) is 34.2 Å². The normalized spacial score (nSPS) is 10.3. The second-order valence-corrected chi connectivity index (χ2v) is 20.4. The molecule has 12 aromatic heterocycles. The largest absolute Gasteiger partial charge is 2.00 e. The third kappa shape index (κ3) is 21.4. The summed E-state index contributed by atoms with van der Waals surface area (Å²) in [5.74, 6) is 0. The maximum Gasteiger partial charge on any atom is 2.00 e. The molecule has 0 spiro atoms. The van der Waals surface area contributed by atoms with Crippen LogP contribution in [0.3, 0.4) is 0 Å². The number of pyridine rings is 12. The smallest absolute Gasteiger partial charge is 0.358 e. The maximum absolute atomic E-state index is 4.54. The summed E-state index contributed by atoms with van der Waals surface area (Å²) < 4.78 is 0. The van der Waals surface area contributed by atoms with E-state index in [4.69, 9.17) is 0 Å². The van der Waals surface area contributed by atoms with Crippen LogP contribution >= 0.6 is 0 Å². The van der Waals surface area contributed by atoms with Gasteiger partial charge in [-0.3, -0.25) is 59.8 Å². The van der Waals surface area contributed by atoms with Crippen molar-refractivity contribution >= 4 is 0 Å². The summed E-state index contributed by atoms with van der Waals surface area (Å²) in [6.07, 6.45) is 45.2. The summed E-state index contributed by atoms with van der Waals surface area (Å²) in [5, 5.41) is 0. The van der Waals surface area contributed by atoms with Crippen LogP contribution < -0.4 is 0 Å². The van der Waals surface area contributed by atoms with Gasteiger partial charge in [0.25, 0.3) is 0 Å². The van der Waals surface area contributed by atoms with Gasteiger partial charge in [0.2, 0.25) is 0 Å². The Kier molecular flexibility index (Phi) is 26.5. The van der Waals surface area contributed by atoms with E-state index in [9.17, 15) is 0 Å². The van der Waals surface area contributed by atoms with Gasteiger partial charge in [-0.05, 0) is 289 Å². The van der Waals surface area contributed by atoms with Crippen LogP contribution in [-0.2, 0) is 94.1 Å². The van der Waals surface area contributed by atoms with E-state index >= 15 is 0 Å². The third-order valence-electron chi connectivity index (χ3n) is 14.4. The molecule has 0 amide bonds. The molecule has 0 aliphatic rings. The second kappa shape index (κ2) is 35.6. The molecule has 13 heteroatoms. The van der Waals surface area contributed by atoms with Crippen molar-refractivity contribution in [1.82, 2.24) is 59.8 Å². The van der Waals surface area contributed by atoms with Gasteiger partial charge < -0.3 is 14.9 Å². The van der Waals surface area contributed by atoms with Gasteiger partial charge in [-0.25, -0.2) is 0 Å². The summed E-state index contributed by atoms with van der Waals surface area (Å²) in [6.45, 7) is 0. The molecule has 0 unspecified atom stereocenters. The minimum Gasteiger partial charge on any atom is -0.358 e. The fraction of sp³-hybridized carbons (Fsp3) is 0.162. The van der Waals surface area contributed by atoms with Crippen LogP contribution in [0.2, 0.25) is 0 Å². The van der Waals surface area contributed by atoms with Crippen molar-refractivity contribution < 1.29 is 17.1 Å². The van der Waals surface area contributed by atoms with Gasteiger partial charge in [0.15, 0.2) is 0 Å². The van der Waals surface area contributed by atoms with Crippen LogP contribution in [0.25, 0.3) is 34.2 Å². The van der Waals surface area contributed by atoms with Crippen LogP contribution in [-0.4, -0.2) is 59.8 Å². The number of rotatable bonds is 21. The van der Waals surface area contributed by atoms with E-state index in [1.165, 1.54) is 66.8 Å². The summed E-state index contributed by atoms with van der Waals surface area (Å²) >= 11 is 0. The van der Waals surface area contributed by atoms with Gasteiger partial charge in [-0.2, -0.15) is 0 Å². The van der Waals surface area contributed by atoms with Crippen LogP contribution in [0.4, 0.5) is 0 Å². The first-order chi connectivity index (χ1) is 41.6. The van der Waals surface area contributed by atoms with E-state index in [0.717, 1.165) is 111 Å². The van der Waals surface area contributed by atoms with Crippen LogP contribution in [0.15, 0.2) is 257 Å². The molecule has 0 N–H and O–H groups in total. The van der Waals surface area contributed by atoms with Crippen molar-refractivity contribution in [2.45, 2.75) is 77.0 Å². The Bertz CT molecular complexity index is 3210. The van der Waals surface area contributed by atoms with E-state index < -0.39 is 0 Å². The Morgan fingerprint density at radius 2 is 0.276 bits per heavy atom. The summed E-state index contributed by atoms with van der Waals surface area (Å²) in [5.41, 5.74) is 21.0. The van der Waals surface area contributed by atoms with Gasteiger partial charge in [-0.1, -0.05) is 0 Å². The first-order valence-corrected chi connectivity index (χ1v) is 28.6. The topological polar surface area (TPSA) is 155 Å². The van der Waals surface area contributed by atoms with E-state index in [0.29, 0.717) is 0 Å². The van der Waals surface area contributed by atoms with E-state index in [2.05, 4.69) is 205 Å². The molecule has 12 nitrogen and oxygen atoms in total. The molecule has 0 aromatic carbocycles. The first-order valence-electron chi connectivity index (χ1n) is 28.6. The molecule has 0 fully saturated rings. The number of hydrogen-bond acceptors (Lipinski definition) is 12. The minimum absolute atomic E-state index is 0. The third-order valence-corrected chi connectivity index (χ3v) is 14.4. The van der Waals surface area contributed by atoms with E-state index in [-0.39, 0.29) is 31.9 Å². The number of aromatic nitrogens is 12. The summed E-state index contributed by atoms with van der Waals surface area (Å²) in [7, 11) is 0. The average Bonchev–Trinajstić information content (AvgIpc) is 3.66. The molecular formula is C74H72FeN12. The molecule has 0 aliphatic carbocycles. The second-order valence-electron chi connectivity index (χ2n) is 20.4. The predicted molar refractivity (Wildman–Crippen MR) is 345 cm³/mol. The molecule has 0 aliphatic heterocycles. The van der Waals surface area contributed by atoms with Crippen molar-refractivity contribution in [3.05, 3.63) is 339 Å². The van der Waals surface area contributed by atoms with Crippen molar-refractivity contribution in [3.63, 3.8) is 0 Å². The molecule has 0 saturated carbocycles. The zero-order chi connectivity index (χ0) is 57.1. The molecule has 87 heavy (non-hydrogen) atoms. The van der Waals surface area contributed by atoms with Crippen molar-refractivity contribution in [2.75, 3.05) is 0 Å². The Balaban J connectivity index is 0.000000183. The Labute approximate surface area is 523 Å². The fourth-order valence-electron chi connectivity index (χ4n) is 9.65. The van der Waals surface area contributed by atoms with E-state index in [1.54, 1.807) is 0 Å². The van der Waals surface area contributed by atoms with Gasteiger partial charge in [0.1, 0.15) is 0 Å². The van der Waals surface area contributed by atoms with Gasteiger partial charge in [0, 0.05) is 112 Å². The first kappa shape index (κ1) is 64.9. The van der Waals surface area contributed by atoms with Gasteiger partial charge in [-0.15, -0.1) is 0 Å². The molecule has 0 bridgehead atoms. The minimum atomic E-state index is 0. The molecule has 12 rings (SSSR count). The van der Waals surface area contributed by atoms with E-state index in [1.807, 2.05) is 112 Å². The van der Waals surface area contributed by atoms with Crippen LogP contribution in [0.5, 0.6) is 0 Å². The molecule has 12 aromatic rings. The molecule has 0 radical (unpaired) electrons. The van der Waals surface area contributed by atoms with Crippen LogP contribution in [0, 0.1) is 14.9 Å². The van der Waals surface area contributed by atoms with Crippen molar-refractivity contribution in [2.24, 2.45) is 0 Å². The molecule has 436 valence electrons. The van der Waals surface area contributed by atoms with Crippen molar-refractivity contribution in [1.29, 1.82) is 0 Å². The SMILES string of the molecule is [CH3-].[CH3-].[Fe+2].c1cc(CCc2ccnc(-c3cc(CCc4ccncc4)ccn3)c2)ccn1.c1cc(CCc2ccnc(-c3cc(CCc4ccncc4)ccn3)c2)ccn1.c1cc(CCc2ccnc(-c3cc(CCc4ccncc4)ccn3)c2)ccn1. The number of hydrogen-bond donors (Lipinski definition) is 0. The van der Waals surface area contributed by atoms with Gasteiger partial charge >= 0.3 is 17.1 Å². The molecule has 0 atom stereocenters. The Morgan fingerprint density at radius 1 is 0.161 bits per heavy atom. The zero-order valence-electron chi connectivity index (χ0n) is 49.5. The number of nitrogens with zero attached hydrogens (tertiary/aromatic N) is 12. The predicted octanol–water partition coefficient (Wildman–Crippen LogP) is 14.4. The number of aryl methyl sites for hydroxylation is 12. The Morgan fingerprint density at radius 3 is 0.414 bits per heavy atom. The molecular weight excluding hydrogens is 1110 g/mol. The monoisotopic (exact) mass is 1180 g/mol. The fourth-order valence-corrected chi connectivity index (χ4v) is 9.65. The molecule has 12 heterocycles.